The average Bonchev–Trinajstić information content (AvgIpc) is 2.26. The van der Waals surface area contributed by atoms with Crippen LogP contribution in [-0.4, -0.2) is 56.8 Å². The van der Waals surface area contributed by atoms with Gasteiger partial charge in [-0.2, -0.15) is 0 Å². The summed E-state index contributed by atoms with van der Waals surface area (Å²) < 4.78 is 13.5. The van der Waals surface area contributed by atoms with Crippen molar-refractivity contribution < 1.29 is 28.6 Å². The lowest BCUT2D eigenvalue weighted by molar-refractivity contribution is -0.168. The van der Waals surface area contributed by atoms with Crippen LogP contribution >= 0.6 is 0 Å². The van der Waals surface area contributed by atoms with Gasteiger partial charge in [-0.05, 0) is 0 Å². The number of hydrogen-bond acceptors (Lipinski definition) is 6. The molecule has 0 aliphatic carbocycles. The molecule has 0 unspecified atom stereocenters. The molecule has 0 aromatic rings. The smallest absolute Gasteiger partial charge is 0.410 e. The highest BCUT2D eigenvalue weighted by Gasteiger charge is 2.52. The summed E-state index contributed by atoms with van der Waals surface area (Å²) in [4.78, 5) is 35.0. The Balaban J connectivity index is 2.77. The van der Waals surface area contributed by atoms with E-state index in [-0.39, 0.29) is 6.54 Å². The van der Waals surface area contributed by atoms with E-state index in [2.05, 4.69) is 14.2 Å². The first-order valence-corrected chi connectivity index (χ1v) is 4.57. The van der Waals surface area contributed by atoms with E-state index in [1.165, 1.54) is 21.3 Å². The fourth-order valence-electron chi connectivity index (χ4n) is 1.58. The quantitative estimate of drug-likeness (QED) is 0.466. The van der Waals surface area contributed by atoms with Crippen molar-refractivity contribution in [3.8, 4) is 0 Å². The molecule has 1 aliphatic heterocycles. The number of carbonyl (C=O) groups excluding carboxylic acids is 3. The standard InChI is InChI=1S/C9H13NO6/c1-14-7(11)5-4-10(9(13)16-3)6(5)8(12)15-2/h5-6H,4H2,1-3H3/t5-,6+/m0/s1. The van der Waals surface area contributed by atoms with Gasteiger partial charge < -0.3 is 14.2 Å². The van der Waals surface area contributed by atoms with E-state index in [1.54, 1.807) is 0 Å². The summed E-state index contributed by atoms with van der Waals surface area (Å²) in [7, 11) is 3.60. The third-order valence-corrected chi connectivity index (χ3v) is 2.47. The molecule has 0 aromatic heterocycles. The molecule has 0 saturated carbocycles. The molecule has 1 heterocycles. The molecule has 0 radical (unpaired) electrons. The summed E-state index contributed by atoms with van der Waals surface area (Å²) in [6.07, 6.45) is -0.671. The number of esters is 2. The molecule has 1 aliphatic rings. The number of nitrogens with zero attached hydrogens (tertiary/aromatic N) is 1. The van der Waals surface area contributed by atoms with Crippen molar-refractivity contribution in [2.24, 2.45) is 5.92 Å². The molecule has 1 fully saturated rings. The summed E-state index contributed by atoms with van der Waals surface area (Å²) >= 11 is 0. The highest BCUT2D eigenvalue weighted by molar-refractivity contribution is 5.91. The molecule has 1 amide bonds. The normalized spacial score (nSPS) is 23.1. The Bertz CT molecular complexity index is 293. The van der Waals surface area contributed by atoms with Gasteiger partial charge in [-0.1, -0.05) is 0 Å². The highest BCUT2D eigenvalue weighted by Crippen LogP contribution is 2.27. The van der Waals surface area contributed by atoms with E-state index in [9.17, 15) is 14.4 Å². The van der Waals surface area contributed by atoms with Gasteiger partial charge >= 0.3 is 18.0 Å². The predicted molar refractivity (Wildman–Crippen MR) is 50.4 cm³/mol. The summed E-state index contributed by atoms with van der Waals surface area (Å²) in [6.45, 7) is 0.0963. The fourth-order valence-corrected chi connectivity index (χ4v) is 1.58. The van der Waals surface area contributed by atoms with E-state index in [4.69, 9.17) is 0 Å². The number of ether oxygens (including phenoxy) is 3. The van der Waals surface area contributed by atoms with Gasteiger partial charge in [-0.15, -0.1) is 0 Å². The zero-order chi connectivity index (χ0) is 12.3. The van der Waals surface area contributed by atoms with Crippen LogP contribution in [0.1, 0.15) is 0 Å². The second-order valence-electron chi connectivity index (χ2n) is 3.22. The molecule has 0 aromatic carbocycles. The van der Waals surface area contributed by atoms with Crippen molar-refractivity contribution in [1.29, 1.82) is 0 Å². The minimum absolute atomic E-state index is 0.0963. The fraction of sp³-hybridized carbons (Fsp3) is 0.667. The van der Waals surface area contributed by atoms with Gasteiger partial charge in [0.1, 0.15) is 12.0 Å². The molecule has 1 saturated heterocycles. The Morgan fingerprint density at radius 1 is 1.00 bits per heavy atom. The zero-order valence-electron chi connectivity index (χ0n) is 9.26. The first kappa shape index (κ1) is 12.3. The molecular weight excluding hydrogens is 218 g/mol. The number of carbonyl (C=O) groups is 3. The Hall–Kier alpha value is -1.79. The van der Waals surface area contributed by atoms with Crippen LogP contribution in [0.15, 0.2) is 0 Å². The van der Waals surface area contributed by atoms with Crippen LogP contribution in [0.25, 0.3) is 0 Å². The summed E-state index contributed by atoms with van der Waals surface area (Å²) in [5, 5.41) is 0. The second-order valence-corrected chi connectivity index (χ2v) is 3.22. The summed E-state index contributed by atoms with van der Waals surface area (Å²) in [6, 6.07) is -0.954. The van der Waals surface area contributed by atoms with E-state index in [0.717, 1.165) is 4.90 Å². The van der Waals surface area contributed by atoms with Crippen LogP contribution < -0.4 is 0 Å². The predicted octanol–water partition coefficient (Wildman–Crippen LogP) is -0.601. The molecule has 2 atom stereocenters. The second kappa shape index (κ2) is 4.82. The van der Waals surface area contributed by atoms with Crippen LogP contribution in [0.2, 0.25) is 0 Å². The van der Waals surface area contributed by atoms with Crippen molar-refractivity contribution in [3.05, 3.63) is 0 Å². The van der Waals surface area contributed by atoms with Crippen LogP contribution in [0.3, 0.4) is 0 Å². The van der Waals surface area contributed by atoms with Gasteiger partial charge in [-0.25, -0.2) is 9.59 Å². The van der Waals surface area contributed by atoms with E-state index in [1.807, 2.05) is 0 Å². The van der Waals surface area contributed by atoms with E-state index in [0.29, 0.717) is 0 Å². The molecule has 0 spiro atoms. The maximum absolute atomic E-state index is 11.4. The van der Waals surface area contributed by atoms with Crippen molar-refractivity contribution in [2.75, 3.05) is 27.9 Å². The minimum Gasteiger partial charge on any atom is -0.469 e. The molecule has 0 bridgehead atoms. The molecule has 0 N–H and O–H groups in total. The van der Waals surface area contributed by atoms with Crippen molar-refractivity contribution >= 4 is 18.0 Å². The van der Waals surface area contributed by atoms with E-state index < -0.39 is 30.0 Å². The van der Waals surface area contributed by atoms with Gasteiger partial charge in [0, 0.05) is 6.54 Å². The number of rotatable bonds is 2. The van der Waals surface area contributed by atoms with Gasteiger partial charge in [-0.3, -0.25) is 9.69 Å². The Morgan fingerprint density at radius 3 is 2.00 bits per heavy atom. The molecule has 7 heteroatoms. The number of amides is 1. The molecule has 1 rings (SSSR count). The van der Waals surface area contributed by atoms with Crippen molar-refractivity contribution in [2.45, 2.75) is 6.04 Å². The number of likely N-dealkylation sites (tertiary alicyclic amines) is 1. The summed E-state index contributed by atoms with van der Waals surface area (Å²) in [5.41, 5.74) is 0. The van der Waals surface area contributed by atoms with E-state index >= 15 is 0 Å². The van der Waals surface area contributed by atoms with Crippen LogP contribution in [-0.2, 0) is 23.8 Å². The Labute approximate surface area is 92.2 Å². The lowest BCUT2D eigenvalue weighted by Crippen LogP contribution is -2.65. The average molecular weight is 231 g/mol. The highest BCUT2D eigenvalue weighted by atomic mass is 16.6. The largest absolute Gasteiger partial charge is 0.469 e. The SMILES string of the molecule is COC(=O)[C@H]1CN(C(=O)OC)[C@H]1C(=O)OC. The van der Waals surface area contributed by atoms with Gasteiger partial charge in [0.15, 0.2) is 0 Å². The zero-order valence-corrected chi connectivity index (χ0v) is 9.26. The van der Waals surface area contributed by atoms with Crippen LogP contribution in [0.5, 0.6) is 0 Å². The van der Waals surface area contributed by atoms with Crippen LogP contribution in [0, 0.1) is 5.92 Å². The van der Waals surface area contributed by atoms with Gasteiger partial charge in [0.25, 0.3) is 0 Å². The molecule has 90 valence electrons. The lowest BCUT2D eigenvalue weighted by Gasteiger charge is -2.42. The van der Waals surface area contributed by atoms with Crippen molar-refractivity contribution in [1.82, 2.24) is 4.90 Å². The maximum atomic E-state index is 11.4. The first-order chi connectivity index (χ1) is 7.56. The third kappa shape index (κ3) is 1.93. The molecule has 16 heavy (non-hydrogen) atoms. The number of hydrogen-bond donors (Lipinski definition) is 0. The minimum atomic E-state index is -0.954. The Morgan fingerprint density at radius 2 is 1.56 bits per heavy atom. The molecule has 7 nitrogen and oxygen atoms in total. The monoisotopic (exact) mass is 231 g/mol. The van der Waals surface area contributed by atoms with Crippen molar-refractivity contribution in [3.63, 3.8) is 0 Å². The topological polar surface area (TPSA) is 82.1 Å². The number of methoxy groups -OCH3 is 3. The lowest BCUT2D eigenvalue weighted by atomic mass is 9.89. The Kier molecular flexibility index (Phi) is 3.70. The van der Waals surface area contributed by atoms with Crippen LogP contribution in [0.4, 0.5) is 4.79 Å². The molecular formula is C9H13NO6. The maximum Gasteiger partial charge on any atom is 0.410 e. The van der Waals surface area contributed by atoms with Gasteiger partial charge in [0.2, 0.25) is 0 Å². The summed E-state index contributed by atoms with van der Waals surface area (Å²) in [5.74, 6) is -1.89. The third-order valence-electron chi connectivity index (χ3n) is 2.47. The van der Waals surface area contributed by atoms with Gasteiger partial charge in [0.05, 0.1) is 21.3 Å². The first-order valence-electron chi connectivity index (χ1n) is 4.57.